The van der Waals surface area contributed by atoms with Gasteiger partial charge in [0.15, 0.2) is 11.5 Å². The Balaban J connectivity index is 0.000000538. The molecule has 0 spiro atoms. The number of carbonyl (C=O) groups is 2. The third kappa shape index (κ3) is 8.74. The first-order valence-corrected chi connectivity index (χ1v) is 12.0. The van der Waals surface area contributed by atoms with Crippen LogP contribution in [0.25, 0.3) is 0 Å². The zero-order valence-electron chi connectivity index (χ0n) is 20.5. The molecule has 4 rings (SSSR count). The van der Waals surface area contributed by atoms with E-state index in [9.17, 15) is 0 Å². The van der Waals surface area contributed by atoms with E-state index in [1.807, 2.05) is 24.3 Å². The molecule has 0 aromatic heterocycles. The number of methoxy groups -OCH3 is 1. The Morgan fingerprint density at radius 2 is 1.39 bits per heavy atom. The molecular weight excluding hydrogens is 458 g/mol. The molecule has 0 aliphatic carbocycles. The van der Waals surface area contributed by atoms with Crippen LogP contribution < -0.4 is 9.47 Å². The maximum Gasteiger partial charge on any atom is 0.414 e. The largest absolute Gasteiger partial charge is 0.493 e. The van der Waals surface area contributed by atoms with Crippen LogP contribution in [0.15, 0.2) is 78.9 Å². The summed E-state index contributed by atoms with van der Waals surface area (Å²) in [6.07, 6.45) is 3.74. The van der Waals surface area contributed by atoms with E-state index in [-0.39, 0.29) is 0 Å². The van der Waals surface area contributed by atoms with Crippen LogP contribution in [0.2, 0.25) is 0 Å². The molecule has 7 nitrogen and oxygen atoms in total. The third-order valence-electron chi connectivity index (χ3n) is 6.13. The quantitative estimate of drug-likeness (QED) is 0.433. The van der Waals surface area contributed by atoms with E-state index in [0.717, 1.165) is 42.6 Å². The van der Waals surface area contributed by atoms with Gasteiger partial charge in [0.1, 0.15) is 6.61 Å². The van der Waals surface area contributed by atoms with E-state index < -0.39 is 11.9 Å². The van der Waals surface area contributed by atoms with Crippen LogP contribution in [0.5, 0.6) is 11.5 Å². The van der Waals surface area contributed by atoms with E-state index in [1.165, 1.54) is 30.4 Å². The summed E-state index contributed by atoms with van der Waals surface area (Å²) in [6, 6.07) is 27.4. The molecule has 1 aliphatic rings. The monoisotopic (exact) mass is 491 g/mol. The SMILES string of the molecule is COc1cc(CN2CCC(Cc3ccccc3)CC2)ccc1OCc1ccccc1.O=C(O)C(=O)O. The zero-order valence-corrected chi connectivity index (χ0v) is 20.5. The molecule has 7 heteroatoms. The van der Waals surface area contributed by atoms with Crippen LogP contribution in [0.3, 0.4) is 0 Å². The standard InChI is InChI=1S/C27H31NO2.C2H2O4/c1-29-27-19-25(12-13-26(27)30-21-24-10-6-3-7-11-24)20-28-16-14-23(15-17-28)18-22-8-4-2-5-9-22;3-1(4)2(5)6/h2-13,19,23H,14-18,20-21H2,1H3;(H,3,4)(H,5,6). The number of piperidine rings is 1. The minimum atomic E-state index is -1.82. The van der Waals surface area contributed by atoms with Crippen molar-refractivity contribution in [1.82, 2.24) is 4.90 Å². The highest BCUT2D eigenvalue weighted by molar-refractivity contribution is 6.27. The van der Waals surface area contributed by atoms with Gasteiger partial charge in [0.05, 0.1) is 7.11 Å². The highest BCUT2D eigenvalue weighted by Crippen LogP contribution is 2.30. The smallest absolute Gasteiger partial charge is 0.414 e. The lowest BCUT2D eigenvalue weighted by molar-refractivity contribution is -0.159. The van der Waals surface area contributed by atoms with Gasteiger partial charge in [-0.05, 0) is 67.1 Å². The summed E-state index contributed by atoms with van der Waals surface area (Å²) >= 11 is 0. The third-order valence-corrected chi connectivity index (χ3v) is 6.13. The van der Waals surface area contributed by atoms with Crippen LogP contribution in [0, 0.1) is 5.92 Å². The maximum atomic E-state index is 9.10. The van der Waals surface area contributed by atoms with Crippen molar-refractivity contribution in [3.05, 3.63) is 95.6 Å². The highest BCUT2D eigenvalue weighted by atomic mass is 16.5. The number of rotatable bonds is 8. The van der Waals surface area contributed by atoms with Crippen molar-refractivity contribution >= 4 is 11.9 Å². The molecule has 36 heavy (non-hydrogen) atoms. The van der Waals surface area contributed by atoms with Gasteiger partial charge in [-0.1, -0.05) is 66.7 Å². The first-order valence-electron chi connectivity index (χ1n) is 12.0. The Morgan fingerprint density at radius 1 is 0.806 bits per heavy atom. The molecule has 1 aliphatic heterocycles. The first kappa shape index (κ1) is 26.8. The minimum absolute atomic E-state index is 0.547. The molecule has 0 unspecified atom stereocenters. The summed E-state index contributed by atoms with van der Waals surface area (Å²) in [7, 11) is 1.71. The van der Waals surface area contributed by atoms with Gasteiger partial charge >= 0.3 is 11.9 Å². The molecule has 0 radical (unpaired) electrons. The van der Waals surface area contributed by atoms with Crippen molar-refractivity contribution < 1.29 is 29.3 Å². The summed E-state index contributed by atoms with van der Waals surface area (Å²) in [5.74, 6) is -1.24. The van der Waals surface area contributed by atoms with Gasteiger partial charge in [-0.25, -0.2) is 9.59 Å². The van der Waals surface area contributed by atoms with E-state index in [4.69, 9.17) is 29.3 Å². The molecule has 1 heterocycles. The fraction of sp³-hybridized carbons (Fsp3) is 0.310. The highest BCUT2D eigenvalue weighted by Gasteiger charge is 2.20. The number of likely N-dealkylation sites (tertiary alicyclic amines) is 1. The Bertz CT molecular complexity index is 1080. The maximum absolute atomic E-state index is 9.10. The second-order valence-electron chi connectivity index (χ2n) is 8.78. The molecule has 1 saturated heterocycles. The average Bonchev–Trinajstić information content (AvgIpc) is 2.90. The van der Waals surface area contributed by atoms with Gasteiger partial charge in [0.25, 0.3) is 0 Å². The summed E-state index contributed by atoms with van der Waals surface area (Å²) in [5, 5.41) is 14.8. The number of ether oxygens (including phenoxy) is 2. The number of carboxylic acids is 2. The second kappa shape index (κ2) is 13.9. The number of hydrogen-bond acceptors (Lipinski definition) is 5. The Labute approximate surface area is 211 Å². The van der Waals surface area contributed by atoms with Gasteiger partial charge in [0.2, 0.25) is 0 Å². The van der Waals surface area contributed by atoms with Crippen molar-refractivity contribution in [2.24, 2.45) is 5.92 Å². The first-order chi connectivity index (χ1) is 17.4. The topological polar surface area (TPSA) is 96.3 Å². The predicted octanol–water partition coefficient (Wildman–Crippen LogP) is 4.88. The number of carboxylic acid groups (broad SMARTS) is 2. The minimum Gasteiger partial charge on any atom is -0.493 e. The van der Waals surface area contributed by atoms with E-state index >= 15 is 0 Å². The lowest BCUT2D eigenvalue weighted by Gasteiger charge is -2.32. The van der Waals surface area contributed by atoms with Crippen LogP contribution in [0.4, 0.5) is 0 Å². The Hall–Kier alpha value is -3.84. The van der Waals surface area contributed by atoms with Crippen molar-refractivity contribution in [3.63, 3.8) is 0 Å². The molecular formula is C29H33NO6. The van der Waals surface area contributed by atoms with Crippen LogP contribution in [-0.4, -0.2) is 47.3 Å². The Morgan fingerprint density at radius 3 is 1.94 bits per heavy atom. The lowest BCUT2D eigenvalue weighted by atomic mass is 9.90. The molecule has 1 fully saturated rings. The van der Waals surface area contributed by atoms with E-state index in [1.54, 1.807) is 7.11 Å². The summed E-state index contributed by atoms with van der Waals surface area (Å²) in [5.41, 5.74) is 3.90. The van der Waals surface area contributed by atoms with Gasteiger partial charge in [-0.15, -0.1) is 0 Å². The van der Waals surface area contributed by atoms with Gasteiger partial charge < -0.3 is 19.7 Å². The fourth-order valence-electron chi connectivity index (χ4n) is 4.22. The molecule has 2 N–H and O–H groups in total. The lowest BCUT2D eigenvalue weighted by Crippen LogP contribution is -2.33. The molecule has 3 aromatic carbocycles. The zero-order chi connectivity index (χ0) is 25.8. The van der Waals surface area contributed by atoms with E-state index in [2.05, 4.69) is 59.5 Å². The molecule has 0 amide bonds. The van der Waals surface area contributed by atoms with Crippen molar-refractivity contribution in [1.29, 1.82) is 0 Å². The van der Waals surface area contributed by atoms with Crippen molar-refractivity contribution in [2.75, 3.05) is 20.2 Å². The fourth-order valence-corrected chi connectivity index (χ4v) is 4.22. The second-order valence-corrected chi connectivity index (χ2v) is 8.78. The molecule has 0 saturated carbocycles. The summed E-state index contributed by atoms with van der Waals surface area (Å²) in [4.78, 5) is 20.8. The summed E-state index contributed by atoms with van der Waals surface area (Å²) in [6.45, 7) is 3.83. The number of nitrogens with zero attached hydrogens (tertiary/aromatic N) is 1. The molecule has 0 atom stereocenters. The van der Waals surface area contributed by atoms with Crippen LogP contribution in [0.1, 0.15) is 29.5 Å². The van der Waals surface area contributed by atoms with E-state index in [0.29, 0.717) is 6.61 Å². The number of benzene rings is 3. The summed E-state index contributed by atoms with van der Waals surface area (Å²) < 4.78 is 11.6. The van der Waals surface area contributed by atoms with Crippen LogP contribution >= 0.6 is 0 Å². The van der Waals surface area contributed by atoms with Crippen molar-refractivity contribution in [2.45, 2.75) is 32.4 Å². The number of hydrogen-bond donors (Lipinski definition) is 2. The molecule has 190 valence electrons. The number of aliphatic carboxylic acids is 2. The Kier molecular flexibility index (Phi) is 10.3. The molecule has 0 bridgehead atoms. The molecule has 3 aromatic rings. The van der Waals surface area contributed by atoms with Gasteiger partial charge in [-0.2, -0.15) is 0 Å². The average molecular weight is 492 g/mol. The van der Waals surface area contributed by atoms with Crippen LogP contribution in [-0.2, 0) is 29.2 Å². The van der Waals surface area contributed by atoms with Gasteiger partial charge in [0, 0.05) is 6.54 Å². The predicted molar refractivity (Wildman–Crippen MR) is 137 cm³/mol. The normalized spacial score (nSPS) is 13.8. The van der Waals surface area contributed by atoms with Gasteiger partial charge in [-0.3, -0.25) is 4.90 Å². The van der Waals surface area contributed by atoms with Crippen molar-refractivity contribution in [3.8, 4) is 11.5 Å².